The Morgan fingerprint density at radius 3 is 2.76 bits per heavy atom. The number of nitrogens with zero attached hydrogens (tertiary/aromatic N) is 6. The summed E-state index contributed by atoms with van der Waals surface area (Å²) in [7, 11) is 2.15. The van der Waals surface area contributed by atoms with Crippen LogP contribution in [-0.4, -0.2) is 74.2 Å². The Morgan fingerprint density at radius 2 is 1.92 bits per heavy atom. The number of likely N-dealkylation sites (N-methyl/N-ethyl adjacent to an activating group) is 1. The number of piperazine rings is 1. The number of pyridine rings is 3. The van der Waals surface area contributed by atoms with Crippen molar-refractivity contribution >= 4 is 39.3 Å². The van der Waals surface area contributed by atoms with Gasteiger partial charge in [-0.3, -0.25) is 14.9 Å². The maximum atomic E-state index is 12.2. The first-order chi connectivity index (χ1) is 18.1. The van der Waals surface area contributed by atoms with Crippen LogP contribution in [0.2, 0.25) is 0 Å². The normalized spacial score (nSPS) is 16.5. The molecule has 1 aliphatic carbocycles. The van der Waals surface area contributed by atoms with Gasteiger partial charge in [-0.05, 0) is 50.2 Å². The van der Waals surface area contributed by atoms with Crippen LogP contribution in [0.4, 0.5) is 11.5 Å². The molecule has 0 atom stereocenters. The Bertz CT molecular complexity index is 1630. The number of H-pyrrole nitrogens is 2. The standard InChI is InChI=1S/C27H27N9O/c1-35-8-10-36(11-9-35)26-19-13-23(31-21(19)6-7-29-26)25-24-22(33-34-25)5-4-20(32-24)17-12-18(15-28-14-17)30-27(37)16-2-3-16/h4-7,12-16,31H,2-3,8-11H2,1H3,(H,30,37)(H,33,34). The number of anilines is 2. The van der Waals surface area contributed by atoms with Crippen molar-refractivity contribution in [2.24, 2.45) is 5.92 Å². The summed E-state index contributed by atoms with van der Waals surface area (Å²) in [5, 5.41) is 11.8. The van der Waals surface area contributed by atoms with Gasteiger partial charge in [-0.15, -0.1) is 0 Å². The minimum absolute atomic E-state index is 0.0590. The van der Waals surface area contributed by atoms with E-state index in [0.29, 0.717) is 5.69 Å². The molecule has 5 aromatic heterocycles. The lowest BCUT2D eigenvalue weighted by Gasteiger charge is -2.33. The zero-order valence-corrected chi connectivity index (χ0v) is 20.5. The molecule has 1 saturated carbocycles. The van der Waals surface area contributed by atoms with Crippen LogP contribution in [0.1, 0.15) is 12.8 Å². The molecular weight excluding hydrogens is 466 g/mol. The first kappa shape index (κ1) is 21.9. The molecule has 10 heteroatoms. The van der Waals surface area contributed by atoms with Gasteiger partial charge in [0.25, 0.3) is 0 Å². The number of carbonyl (C=O) groups excluding carboxylic acids is 1. The van der Waals surface area contributed by atoms with Crippen molar-refractivity contribution in [1.29, 1.82) is 0 Å². The fraction of sp³-hybridized carbons (Fsp3) is 0.296. The summed E-state index contributed by atoms with van der Waals surface area (Å²) in [6, 6.07) is 9.95. The molecule has 0 spiro atoms. The zero-order valence-electron chi connectivity index (χ0n) is 20.5. The van der Waals surface area contributed by atoms with E-state index in [-0.39, 0.29) is 11.8 Å². The minimum atomic E-state index is 0.0590. The molecule has 1 amide bonds. The van der Waals surface area contributed by atoms with E-state index in [4.69, 9.17) is 9.97 Å². The van der Waals surface area contributed by atoms with E-state index in [0.717, 1.165) is 89.4 Å². The number of hydrogen-bond acceptors (Lipinski definition) is 7. The molecular formula is C27H27N9O. The Hall–Kier alpha value is -4.31. The van der Waals surface area contributed by atoms with Gasteiger partial charge < -0.3 is 20.1 Å². The summed E-state index contributed by atoms with van der Waals surface area (Å²) >= 11 is 0. The predicted octanol–water partition coefficient (Wildman–Crippen LogP) is 3.66. The zero-order chi connectivity index (χ0) is 24.9. The largest absolute Gasteiger partial charge is 0.353 e. The SMILES string of the molecule is CN1CCN(c2nccc3[nH]c(-c4n[nH]c5ccc(-c6cncc(NC(=O)C7CC7)c6)nc45)cc23)CC1. The molecule has 1 aliphatic heterocycles. The van der Waals surface area contributed by atoms with Gasteiger partial charge in [-0.1, -0.05) is 0 Å². The molecule has 5 aromatic rings. The highest BCUT2D eigenvalue weighted by molar-refractivity contribution is 5.98. The Morgan fingerprint density at radius 1 is 1.05 bits per heavy atom. The van der Waals surface area contributed by atoms with Gasteiger partial charge in [-0.25, -0.2) is 9.97 Å². The predicted molar refractivity (Wildman–Crippen MR) is 143 cm³/mol. The van der Waals surface area contributed by atoms with E-state index >= 15 is 0 Å². The van der Waals surface area contributed by atoms with Crippen molar-refractivity contribution < 1.29 is 4.79 Å². The van der Waals surface area contributed by atoms with Gasteiger partial charge in [0.05, 0.1) is 34.3 Å². The smallest absolute Gasteiger partial charge is 0.227 e. The molecule has 186 valence electrons. The lowest BCUT2D eigenvalue weighted by atomic mass is 10.1. The lowest BCUT2D eigenvalue weighted by molar-refractivity contribution is -0.117. The highest BCUT2D eigenvalue weighted by atomic mass is 16.2. The van der Waals surface area contributed by atoms with Crippen molar-refractivity contribution in [3.05, 3.63) is 48.9 Å². The van der Waals surface area contributed by atoms with Crippen LogP contribution in [0.3, 0.4) is 0 Å². The quantitative estimate of drug-likeness (QED) is 0.342. The lowest BCUT2D eigenvalue weighted by Crippen LogP contribution is -2.44. The molecule has 37 heavy (non-hydrogen) atoms. The maximum absolute atomic E-state index is 12.2. The highest BCUT2D eigenvalue weighted by Crippen LogP contribution is 2.33. The Balaban J connectivity index is 1.24. The van der Waals surface area contributed by atoms with E-state index in [2.05, 4.69) is 48.4 Å². The fourth-order valence-electron chi connectivity index (χ4n) is 4.92. The number of nitrogens with one attached hydrogen (secondary N) is 3. The molecule has 3 N–H and O–H groups in total. The van der Waals surface area contributed by atoms with Crippen LogP contribution < -0.4 is 10.2 Å². The van der Waals surface area contributed by atoms with E-state index in [1.165, 1.54) is 0 Å². The van der Waals surface area contributed by atoms with E-state index in [1.807, 2.05) is 30.5 Å². The summed E-state index contributed by atoms with van der Waals surface area (Å²) < 4.78 is 0. The van der Waals surface area contributed by atoms with Crippen LogP contribution in [0.5, 0.6) is 0 Å². The second-order valence-corrected chi connectivity index (χ2v) is 9.96. The maximum Gasteiger partial charge on any atom is 0.227 e. The topological polar surface area (TPSA) is 119 Å². The van der Waals surface area contributed by atoms with Crippen LogP contribution in [0, 0.1) is 5.92 Å². The summed E-state index contributed by atoms with van der Waals surface area (Å²) in [6.07, 6.45) is 7.21. The first-order valence-electron chi connectivity index (χ1n) is 12.7. The number of fused-ring (bicyclic) bond motifs is 2. The third kappa shape index (κ3) is 4.09. The van der Waals surface area contributed by atoms with Gasteiger partial charge in [0, 0.05) is 55.4 Å². The van der Waals surface area contributed by atoms with Crippen LogP contribution in [0.15, 0.2) is 48.9 Å². The summed E-state index contributed by atoms with van der Waals surface area (Å²) in [4.78, 5) is 34.4. The first-order valence-corrected chi connectivity index (χ1v) is 12.7. The van der Waals surface area contributed by atoms with Gasteiger partial charge in [0.2, 0.25) is 5.91 Å². The summed E-state index contributed by atoms with van der Waals surface area (Å²) in [5.41, 5.74) is 6.56. The summed E-state index contributed by atoms with van der Waals surface area (Å²) in [6.45, 7) is 3.94. The Labute approximate surface area is 213 Å². The second kappa shape index (κ2) is 8.67. The highest BCUT2D eigenvalue weighted by Gasteiger charge is 2.29. The third-order valence-electron chi connectivity index (χ3n) is 7.24. The van der Waals surface area contributed by atoms with Crippen LogP contribution in [-0.2, 0) is 4.79 Å². The van der Waals surface area contributed by atoms with Gasteiger partial charge >= 0.3 is 0 Å². The number of amides is 1. The van der Waals surface area contributed by atoms with E-state index < -0.39 is 0 Å². The van der Waals surface area contributed by atoms with Crippen molar-refractivity contribution in [3.63, 3.8) is 0 Å². The third-order valence-corrected chi connectivity index (χ3v) is 7.24. The second-order valence-electron chi connectivity index (χ2n) is 9.96. The van der Waals surface area contributed by atoms with E-state index in [9.17, 15) is 4.79 Å². The number of aromatic amines is 2. The molecule has 1 saturated heterocycles. The van der Waals surface area contributed by atoms with Crippen molar-refractivity contribution in [2.45, 2.75) is 12.8 Å². The number of aromatic nitrogens is 6. The summed E-state index contributed by atoms with van der Waals surface area (Å²) in [5.74, 6) is 1.19. The molecule has 0 aromatic carbocycles. The Kier molecular flexibility index (Phi) is 5.14. The average molecular weight is 494 g/mol. The molecule has 0 bridgehead atoms. The van der Waals surface area contributed by atoms with Gasteiger partial charge in [-0.2, -0.15) is 5.10 Å². The monoisotopic (exact) mass is 493 g/mol. The molecule has 2 fully saturated rings. The molecule has 7 rings (SSSR count). The molecule has 10 nitrogen and oxygen atoms in total. The number of hydrogen-bond donors (Lipinski definition) is 3. The van der Waals surface area contributed by atoms with Crippen molar-refractivity contribution in [2.75, 3.05) is 43.4 Å². The van der Waals surface area contributed by atoms with Crippen molar-refractivity contribution in [1.82, 2.24) is 35.0 Å². The number of carbonyl (C=O) groups is 1. The van der Waals surface area contributed by atoms with Gasteiger partial charge in [0.1, 0.15) is 17.0 Å². The molecule has 2 aliphatic rings. The fourth-order valence-corrected chi connectivity index (χ4v) is 4.92. The number of rotatable bonds is 5. The molecule has 0 radical (unpaired) electrons. The van der Waals surface area contributed by atoms with Crippen LogP contribution >= 0.6 is 0 Å². The molecule has 6 heterocycles. The minimum Gasteiger partial charge on any atom is -0.353 e. The van der Waals surface area contributed by atoms with Gasteiger partial charge in [0.15, 0.2) is 0 Å². The molecule has 0 unspecified atom stereocenters. The van der Waals surface area contributed by atoms with Crippen molar-refractivity contribution in [3.8, 4) is 22.6 Å². The van der Waals surface area contributed by atoms with Crippen LogP contribution in [0.25, 0.3) is 44.6 Å². The van der Waals surface area contributed by atoms with E-state index in [1.54, 1.807) is 12.4 Å². The average Bonchev–Trinajstić information content (AvgIpc) is 3.55.